The van der Waals surface area contributed by atoms with E-state index in [0.717, 1.165) is 19.3 Å². The summed E-state index contributed by atoms with van der Waals surface area (Å²) in [5.41, 5.74) is 12.9. The number of hydrogen-bond acceptors (Lipinski definition) is 2. The molecule has 1 unspecified atom stereocenters. The smallest absolute Gasteiger partial charge is 0.220 e. The second-order valence-electron chi connectivity index (χ2n) is 7.48. The highest BCUT2D eigenvalue weighted by Crippen LogP contribution is 2.37. The van der Waals surface area contributed by atoms with Crippen LogP contribution in [0, 0.1) is 5.92 Å². The second-order valence-corrected chi connectivity index (χ2v) is 7.48. The number of nitrogens with two attached hydrogens (primary N) is 1. The van der Waals surface area contributed by atoms with E-state index < -0.39 is 0 Å². The van der Waals surface area contributed by atoms with Crippen LogP contribution in [-0.4, -0.2) is 18.5 Å². The number of rotatable bonds is 7. The molecule has 0 bridgehead atoms. The summed E-state index contributed by atoms with van der Waals surface area (Å²) in [6, 6.07) is 15.6. The van der Waals surface area contributed by atoms with Gasteiger partial charge in [-0.25, -0.2) is 0 Å². The predicted octanol–water partition coefficient (Wildman–Crippen LogP) is 3.43. The minimum atomic E-state index is 0.127. The average molecular weight is 334 g/mol. The molecular formula is C22H26N2O. The van der Waals surface area contributed by atoms with Crippen molar-refractivity contribution in [1.29, 1.82) is 0 Å². The molecule has 3 N–H and O–H groups in total. The zero-order valence-corrected chi connectivity index (χ0v) is 14.6. The molecule has 0 heterocycles. The second kappa shape index (κ2) is 7.01. The fourth-order valence-electron chi connectivity index (χ4n) is 3.79. The molecule has 2 aliphatic rings. The van der Waals surface area contributed by atoms with E-state index in [9.17, 15) is 4.79 Å². The molecule has 1 fully saturated rings. The molecule has 1 amide bonds. The molecule has 0 spiro atoms. The van der Waals surface area contributed by atoms with Crippen LogP contribution in [0.2, 0.25) is 0 Å². The fourth-order valence-corrected chi connectivity index (χ4v) is 3.79. The maximum Gasteiger partial charge on any atom is 0.220 e. The third-order valence-electron chi connectivity index (χ3n) is 5.49. The molecule has 0 saturated heterocycles. The minimum Gasteiger partial charge on any atom is -0.355 e. The van der Waals surface area contributed by atoms with Crippen molar-refractivity contribution in [1.82, 2.24) is 5.32 Å². The molecule has 3 nitrogen and oxygen atoms in total. The lowest BCUT2D eigenvalue weighted by Gasteiger charge is -2.11. The van der Waals surface area contributed by atoms with Gasteiger partial charge in [0.05, 0.1) is 0 Å². The molecule has 0 radical (unpaired) electrons. The summed E-state index contributed by atoms with van der Waals surface area (Å²) < 4.78 is 0. The Bertz CT molecular complexity index is 779. The van der Waals surface area contributed by atoms with Crippen LogP contribution in [0.15, 0.2) is 42.5 Å². The third kappa shape index (κ3) is 3.77. The van der Waals surface area contributed by atoms with E-state index in [1.807, 2.05) is 0 Å². The van der Waals surface area contributed by atoms with Gasteiger partial charge in [0.1, 0.15) is 0 Å². The van der Waals surface area contributed by atoms with Gasteiger partial charge >= 0.3 is 0 Å². The molecule has 2 aromatic rings. The lowest BCUT2D eigenvalue weighted by molar-refractivity contribution is -0.121. The summed E-state index contributed by atoms with van der Waals surface area (Å²) >= 11 is 0. The monoisotopic (exact) mass is 334 g/mol. The van der Waals surface area contributed by atoms with Gasteiger partial charge in [-0.2, -0.15) is 0 Å². The highest BCUT2D eigenvalue weighted by Gasteiger charge is 2.28. The van der Waals surface area contributed by atoms with Crippen molar-refractivity contribution in [3.05, 3.63) is 59.2 Å². The van der Waals surface area contributed by atoms with Crippen LogP contribution in [0.1, 0.15) is 42.4 Å². The minimum absolute atomic E-state index is 0.127. The molecule has 1 atom stereocenters. The Balaban J connectivity index is 1.29. The normalized spacial score (nSPS) is 16.2. The molecule has 0 aromatic heterocycles. The van der Waals surface area contributed by atoms with Crippen molar-refractivity contribution in [3.8, 4) is 11.1 Å². The lowest BCUT2D eigenvalue weighted by atomic mass is 10.00. The first-order valence-electron chi connectivity index (χ1n) is 9.43. The van der Waals surface area contributed by atoms with Gasteiger partial charge in [-0.1, -0.05) is 42.5 Å². The number of benzene rings is 2. The molecule has 3 heteroatoms. The van der Waals surface area contributed by atoms with E-state index in [2.05, 4.69) is 47.8 Å². The number of carbonyl (C=O) groups is 1. The van der Waals surface area contributed by atoms with Gasteiger partial charge in [0.2, 0.25) is 5.91 Å². The fraction of sp³-hybridized carbons (Fsp3) is 0.409. The van der Waals surface area contributed by atoms with E-state index in [1.165, 1.54) is 40.7 Å². The van der Waals surface area contributed by atoms with Crippen molar-refractivity contribution < 1.29 is 4.79 Å². The number of fused-ring (bicyclic) bond motifs is 3. The van der Waals surface area contributed by atoms with E-state index in [0.29, 0.717) is 18.9 Å². The number of hydrogen-bond donors (Lipinski definition) is 2. The molecule has 130 valence electrons. The number of amides is 1. The Kier molecular flexibility index (Phi) is 4.58. The van der Waals surface area contributed by atoms with Crippen LogP contribution in [0.25, 0.3) is 11.1 Å². The zero-order valence-electron chi connectivity index (χ0n) is 14.6. The first-order chi connectivity index (χ1) is 12.2. The van der Waals surface area contributed by atoms with Crippen LogP contribution >= 0.6 is 0 Å². The first-order valence-corrected chi connectivity index (χ1v) is 9.43. The summed E-state index contributed by atoms with van der Waals surface area (Å²) in [4.78, 5) is 12.0. The average Bonchev–Trinajstić information content (AvgIpc) is 3.41. The topological polar surface area (TPSA) is 55.1 Å². The van der Waals surface area contributed by atoms with E-state index in [1.54, 1.807) is 0 Å². The van der Waals surface area contributed by atoms with Gasteiger partial charge in [-0.05, 0) is 65.8 Å². The maximum absolute atomic E-state index is 12.0. The Morgan fingerprint density at radius 3 is 2.76 bits per heavy atom. The number of carbonyl (C=O) groups excluding carboxylic acids is 1. The largest absolute Gasteiger partial charge is 0.355 e. The molecule has 1 saturated carbocycles. The molecule has 2 aliphatic carbocycles. The van der Waals surface area contributed by atoms with Crippen molar-refractivity contribution in [2.75, 3.05) is 6.54 Å². The van der Waals surface area contributed by atoms with Gasteiger partial charge in [0.25, 0.3) is 0 Å². The lowest BCUT2D eigenvalue weighted by Crippen LogP contribution is -2.38. The number of nitrogens with one attached hydrogen (secondary N) is 1. The third-order valence-corrected chi connectivity index (χ3v) is 5.49. The van der Waals surface area contributed by atoms with Crippen molar-refractivity contribution in [2.45, 2.75) is 44.6 Å². The molecule has 25 heavy (non-hydrogen) atoms. The van der Waals surface area contributed by atoms with E-state index in [-0.39, 0.29) is 11.9 Å². The van der Waals surface area contributed by atoms with Crippen LogP contribution in [-0.2, 0) is 17.6 Å². The standard InChI is InChI=1S/C22H26N2O/c23-21(16-10-11-16)14-24-22(25)7-3-4-15-8-9-18-13-17-5-1-2-6-19(17)20(18)12-15/h1-2,5-6,8-9,12,16,21H,3-4,7,10-11,13-14,23H2,(H,24,25). The molecular weight excluding hydrogens is 308 g/mol. The SMILES string of the molecule is NC(CNC(=O)CCCc1ccc2c(c1)-c1ccccc1C2)C1CC1. The van der Waals surface area contributed by atoms with Crippen LogP contribution in [0.3, 0.4) is 0 Å². The van der Waals surface area contributed by atoms with E-state index >= 15 is 0 Å². The van der Waals surface area contributed by atoms with Gasteiger partial charge in [0.15, 0.2) is 0 Å². The van der Waals surface area contributed by atoms with Crippen molar-refractivity contribution in [3.63, 3.8) is 0 Å². The summed E-state index contributed by atoms with van der Waals surface area (Å²) in [5, 5.41) is 2.98. The van der Waals surface area contributed by atoms with Crippen LogP contribution < -0.4 is 11.1 Å². The van der Waals surface area contributed by atoms with Crippen molar-refractivity contribution >= 4 is 5.91 Å². The van der Waals surface area contributed by atoms with Gasteiger partial charge in [-0.15, -0.1) is 0 Å². The first kappa shape index (κ1) is 16.3. The van der Waals surface area contributed by atoms with Crippen LogP contribution in [0.4, 0.5) is 0 Å². The summed E-state index contributed by atoms with van der Waals surface area (Å²) in [6.45, 7) is 0.624. The predicted molar refractivity (Wildman–Crippen MR) is 101 cm³/mol. The Morgan fingerprint density at radius 2 is 1.92 bits per heavy atom. The maximum atomic E-state index is 12.0. The number of aryl methyl sites for hydroxylation is 1. The summed E-state index contributed by atoms with van der Waals surface area (Å²) in [5.74, 6) is 0.761. The Labute approximate surface area is 149 Å². The van der Waals surface area contributed by atoms with Gasteiger partial charge < -0.3 is 11.1 Å². The summed E-state index contributed by atoms with van der Waals surface area (Å²) in [6.07, 6.45) is 5.87. The highest BCUT2D eigenvalue weighted by atomic mass is 16.1. The van der Waals surface area contributed by atoms with Gasteiger partial charge in [-0.3, -0.25) is 4.79 Å². The summed E-state index contributed by atoms with van der Waals surface area (Å²) in [7, 11) is 0. The Hall–Kier alpha value is -2.13. The molecule has 2 aromatic carbocycles. The highest BCUT2D eigenvalue weighted by molar-refractivity contribution is 5.77. The quantitative estimate of drug-likeness (QED) is 0.695. The van der Waals surface area contributed by atoms with Crippen LogP contribution in [0.5, 0.6) is 0 Å². The van der Waals surface area contributed by atoms with E-state index in [4.69, 9.17) is 5.73 Å². The van der Waals surface area contributed by atoms with Crippen molar-refractivity contribution in [2.24, 2.45) is 11.7 Å². The molecule has 4 rings (SSSR count). The Morgan fingerprint density at radius 1 is 1.12 bits per heavy atom. The molecule has 0 aliphatic heterocycles. The van der Waals surface area contributed by atoms with Gasteiger partial charge in [0, 0.05) is 19.0 Å². The zero-order chi connectivity index (χ0) is 17.2.